The van der Waals surface area contributed by atoms with Crippen LogP contribution < -0.4 is 5.73 Å². The molecule has 3 N–H and O–H groups in total. The molecule has 1 aliphatic rings. The molecule has 2 unspecified atom stereocenters. The van der Waals surface area contributed by atoms with Crippen molar-refractivity contribution in [3.05, 3.63) is 33.8 Å². The van der Waals surface area contributed by atoms with Crippen LogP contribution >= 0.6 is 15.9 Å². The highest BCUT2D eigenvalue weighted by Crippen LogP contribution is 2.25. The monoisotopic (exact) mass is 326 g/mol. The van der Waals surface area contributed by atoms with Gasteiger partial charge in [0.25, 0.3) is 5.91 Å². The first kappa shape index (κ1) is 14.0. The average molecular weight is 327 g/mol. The number of halogens is 1. The van der Waals surface area contributed by atoms with Crippen LogP contribution in [-0.4, -0.2) is 40.5 Å². The molecule has 2 amide bonds. The molecule has 0 radical (unpaired) electrons. The van der Waals surface area contributed by atoms with Gasteiger partial charge < -0.3 is 15.7 Å². The molecule has 0 bridgehead atoms. The number of primary amides is 1. The topological polar surface area (TPSA) is 83.6 Å². The number of amides is 2. The molecule has 1 saturated heterocycles. The Morgan fingerprint density at radius 1 is 1.47 bits per heavy atom. The summed E-state index contributed by atoms with van der Waals surface area (Å²) in [4.78, 5) is 25.2. The number of β-amino-alcohol motifs (C(OH)–C–C–N with tert-alkyl or cyclic N) is 1. The van der Waals surface area contributed by atoms with Crippen molar-refractivity contribution in [2.24, 2.45) is 5.73 Å². The molecular weight excluding hydrogens is 312 g/mol. The first-order valence-electron chi connectivity index (χ1n) is 5.95. The van der Waals surface area contributed by atoms with E-state index in [9.17, 15) is 14.7 Å². The molecule has 19 heavy (non-hydrogen) atoms. The molecule has 5 nitrogen and oxygen atoms in total. The van der Waals surface area contributed by atoms with Crippen molar-refractivity contribution in [3.8, 4) is 0 Å². The van der Waals surface area contributed by atoms with Crippen molar-refractivity contribution >= 4 is 27.7 Å². The van der Waals surface area contributed by atoms with E-state index in [1.165, 1.54) is 4.90 Å². The first-order valence-corrected chi connectivity index (χ1v) is 6.74. The van der Waals surface area contributed by atoms with E-state index in [0.29, 0.717) is 5.56 Å². The third kappa shape index (κ3) is 2.64. The smallest absolute Gasteiger partial charge is 0.254 e. The molecule has 102 valence electrons. The average Bonchev–Trinajstić information content (AvgIpc) is 2.74. The highest BCUT2D eigenvalue weighted by molar-refractivity contribution is 9.10. The normalized spacial score (nSPS) is 22.6. The van der Waals surface area contributed by atoms with E-state index in [1.807, 2.05) is 13.0 Å². The lowest BCUT2D eigenvalue weighted by atomic mass is 10.1. The maximum atomic E-state index is 12.5. The van der Waals surface area contributed by atoms with Gasteiger partial charge in [-0.2, -0.15) is 0 Å². The van der Waals surface area contributed by atoms with Crippen molar-refractivity contribution in [2.75, 3.05) is 6.54 Å². The Morgan fingerprint density at radius 2 is 2.16 bits per heavy atom. The summed E-state index contributed by atoms with van der Waals surface area (Å²) >= 11 is 3.37. The van der Waals surface area contributed by atoms with E-state index < -0.39 is 18.1 Å². The number of aliphatic hydroxyl groups excluding tert-OH is 1. The maximum Gasteiger partial charge on any atom is 0.254 e. The van der Waals surface area contributed by atoms with E-state index >= 15 is 0 Å². The molecule has 1 aromatic rings. The third-order valence-electron chi connectivity index (χ3n) is 3.37. The Morgan fingerprint density at radius 3 is 2.79 bits per heavy atom. The number of benzene rings is 1. The summed E-state index contributed by atoms with van der Waals surface area (Å²) in [5.74, 6) is -0.864. The molecular formula is C13H15BrN2O3. The molecule has 0 aliphatic carbocycles. The van der Waals surface area contributed by atoms with Crippen LogP contribution in [0.25, 0.3) is 0 Å². The minimum Gasteiger partial charge on any atom is -0.391 e. The standard InChI is InChI=1S/C13H15BrN2O3/c1-7-9(3-2-4-10(7)14)13(19)16-6-8(17)5-11(16)12(15)18/h2-4,8,11,17H,5-6H2,1H3,(H2,15,18). The molecule has 0 aromatic heterocycles. The zero-order valence-corrected chi connectivity index (χ0v) is 12.1. The number of nitrogens with two attached hydrogens (primary N) is 1. The molecule has 1 aromatic carbocycles. The number of carbonyl (C=O) groups is 2. The van der Waals surface area contributed by atoms with Gasteiger partial charge in [0.05, 0.1) is 6.10 Å². The van der Waals surface area contributed by atoms with Crippen LogP contribution in [0.2, 0.25) is 0 Å². The van der Waals surface area contributed by atoms with E-state index in [1.54, 1.807) is 12.1 Å². The van der Waals surface area contributed by atoms with Crippen LogP contribution in [0.5, 0.6) is 0 Å². The summed E-state index contributed by atoms with van der Waals surface area (Å²) in [7, 11) is 0. The van der Waals surface area contributed by atoms with Crippen molar-refractivity contribution in [1.82, 2.24) is 4.90 Å². The first-order chi connectivity index (χ1) is 8.91. The predicted octanol–water partition coefficient (Wildman–Crippen LogP) is 0.818. The quantitative estimate of drug-likeness (QED) is 0.843. The molecule has 2 rings (SSSR count). The van der Waals surface area contributed by atoms with Crippen LogP contribution in [0.1, 0.15) is 22.3 Å². The Kier molecular flexibility index (Phi) is 3.91. The molecule has 0 saturated carbocycles. The number of hydrogen-bond acceptors (Lipinski definition) is 3. The second-order valence-corrected chi connectivity index (χ2v) is 5.53. The number of carbonyl (C=O) groups excluding carboxylic acids is 2. The molecule has 1 fully saturated rings. The van der Waals surface area contributed by atoms with E-state index in [4.69, 9.17) is 5.73 Å². The van der Waals surface area contributed by atoms with E-state index in [2.05, 4.69) is 15.9 Å². The zero-order chi connectivity index (χ0) is 14.2. The van der Waals surface area contributed by atoms with Crippen LogP contribution in [0.3, 0.4) is 0 Å². The Balaban J connectivity index is 2.33. The number of hydrogen-bond donors (Lipinski definition) is 2. The molecule has 2 atom stereocenters. The van der Waals surface area contributed by atoms with Gasteiger partial charge in [-0.05, 0) is 24.6 Å². The Labute approximate surface area is 119 Å². The molecule has 1 aliphatic heterocycles. The lowest BCUT2D eigenvalue weighted by Crippen LogP contribution is -2.44. The Bertz CT molecular complexity index is 533. The highest BCUT2D eigenvalue weighted by atomic mass is 79.9. The lowest BCUT2D eigenvalue weighted by Gasteiger charge is -2.23. The van der Waals surface area contributed by atoms with Crippen LogP contribution in [0.4, 0.5) is 0 Å². The van der Waals surface area contributed by atoms with Gasteiger partial charge in [0, 0.05) is 23.0 Å². The third-order valence-corrected chi connectivity index (χ3v) is 4.23. The summed E-state index contributed by atoms with van der Waals surface area (Å²) in [5.41, 5.74) is 6.59. The van der Waals surface area contributed by atoms with Gasteiger partial charge in [0.1, 0.15) is 6.04 Å². The van der Waals surface area contributed by atoms with Crippen molar-refractivity contribution in [3.63, 3.8) is 0 Å². The fraction of sp³-hybridized carbons (Fsp3) is 0.385. The van der Waals surface area contributed by atoms with Gasteiger partial charge in [-0.3, -0.25) is 9.59 Å². The molecule has 1 heterocycles. The van der Waals surface area contributed by atoms with Crippen molar-refractivity contribution in [1.29, 1.82) is 0 Å². The SMILES string of the molecule is Cc1c(Br)cccc1C(=O)N1CC(O)CC1C(N)=O. The number of nitrogens with zero attached hydrogens (tertiary/aromatic N) is 1. The van der Waals surface area contributed by atoms with E-state index in [-0.39, 0.29) is 18.9 Å². The van der Waals surface area contributed by atoms with Crippen LogP contribution in [-0.2, 0) is 4.79 Å². The van der Waals surface area contributed by atoms with E-state index in [0.717, 1.165) is 10.0 Å². The predicted molar refractivity (Wildman–Crippen MR) is 73.5 cm³/mol. The summed E-state index contributed by atoms with van der Waals surface area (Å²) in [6.07, 6.45) is -0.498. The molecule has 6 heteroatoms. The summed E-state index contributed by atoms with van der Waals surface area (Å²) < 4.78 is 0.828. The van der Waals surface area contributed by atoms with Crippen molar-refractivity contribution in [2.45, 2.75) is 25.5 Å². The Hall–Kier alpha value is -1.40. The van der Waals surface area contributed by atoms with Crippen LogP contribution in [0, 0.1) is 6.92 Å². The van der Waals surface area contributed by atoms with Gasteiger partial charge in [-0.15, -0.1) is 0 Å². The largest absolute Gasteiger partial charge is 0.391 e. The number of likely N-dealkylation sites (tertiary alicyclic amines) is 1. The highest BCUT2D eigenvalue weighted by Gasteiger charge is 2.38. The van der Waals surface area contributed by atoms with Gasteiger partial charge in [0.15, 0.2) is 0 Å². The number of rotatable bonds is 2. The minimum absolute atomic E-state index is 0.137. The summed E-state index contributed by atoms with van der Waals surface area (Å²) in [6.45, 7) is 1.96. The second-order valence-electron chi connectivity index (χ2n) is 4.68. The molecule has 0 spiro atoms. The fourth-order valence-electron chi connectivity index (χ4n) is 2.30. The van der Waals surface area contributed by atoms with Crippen molar-refractivity contribution < 1.29 is 14.7 Å². The van der Waals surface area contributed by atoms with Gasteiger partial charge in [-0.25, -0.2) is 0 Å². The van der Waals surface area contributed by atoms with Crippen LogP contribution in [0.15, 0.2) is 22.7 Å². The van der Waals surface area contributed by atoms with Gasteiger partial charge in [0.2, 0.25) is 5.91 Å². The summed E-state index contributed by atoms with van der Waals surface area (Å²) in [5, 5.41) is 9.63. The zero-order valence-electron chi connectivity index (χ0n) is 10.5. The summed E-state index contributed by atoms with van der Waals surface area (Å²) in [6, 6.07) is 4.57. The van der Waals surface area contributed by atoms with Gasteiger partial charge >= 0.3 is 0 Å². The second kappa shape index (κ2) is 5.30. The fourth-order valence-corrected chi connectivity index (χ4v) is 2.67. The lowest BCUT2D eigenvalue weighted by molar-refractivity contribution is -0.121. The number of aliphatic hydroxyl groups is 1. The maximum absolute atomic E-state index is 12.5. The van der Waals surface area contributed by atoms with Gasteiger partial charge in [-0.1, -0.05) is 22.0 Å². The minimum atomic E-state index is -0.735.